The molecule has 3 nitrogen and oxygen atoms in total. The third-order valence-corrected chi connectivity index (χ3v) is 4.23. The van der Waals surface area contributed by atoms with Crippen LogP contribution in [0.5, 0.6) is 11.5 Å². The number of rotatable bonds is 5. The molecule has 0 bridgehead atoms. The van der Waals surface area contributed by atoms with Crippen molar-refractivity contribution in [1.82, 2.24) is 0 Å². The van der Waals surface area contributed by atoms with Gasteiger partial charge in [-0.25, -0.2) is 0 Å². The van der Waals surface area contributed by atoms with Crippen LogP contribution in [0, 0.1) is 0 Å². The van der Waals surface area contributed by atoms with Crippen LogP contribution in [0.2, 0.25) is 5.02 Å². The smallest absolute Gasteiger partial charge is 0.159 e. The Bertz CT molecular complexity index is 903. The predicted octanol–water partition coefficient (Wildman–Crippen LogP) is 5.28. The van der Waals surface area contributed by atoms with Crippen LogP contribution in [0.15, 0.2) is 54.6 Å². The highest BCUT2D eigenvalue weighted by atomic mass is 35.5. The van der Waals surface area contributed by atoms with Gasteiger partial charge in [-0.05, 0) is 37.3 Å². The molecular weight excluding hydrogens is 324 g/mol. The summed E-state index contributed by atoms with van der Waals surface area (Å²) >= 11 is 6.24. The van der Waals surface area contributed by atoms with Crippen molar-refractivity contribution < 1.29 is 14.3 Å². The lowest BCUT2D eigenvalue weighted by molar-refractivity contribution is 0.101. The van der Waals surface area contributed by atoms with E-state index in [4.69, 9.17) is 21.1 Å². The summed E-state index contributed by atoms with van der Waals surface area (Å²) in [5.74, 6) is 1.44. The van der Waals surface area contributed by atoms with Gasteiger partial charge in [-0.2, -0.15) is 0 Å². The molecule has 3 aromatic carbocycles. The number of ketones is 1. The number of halogens is 1. The van der Waals surface area contributed by atoms with Crippen LogP contribution in [0.3, 0.4) is 0 Å². The van der Waals surface area contributed by atoms with E-state index in [1.54, 1.807) is 32.2 Å². The molecule has 0 radical (unpaired) electrons. The second-order valence-corrected chi connectivity index (χ2v) is 5.87. The summed E-state index contributed by atoms with van der Waals surface area (Å²) in [6.07, 6.45) is 0. The van der Waals surface area contributed by atoms with Crippen LogP contribution < -0.4 is 9.47 Å². The fourth-order valence-electron chi connectivity index (χ4n) is 2.63. The third kappa shape index (κ3) is 3.22. The highest BCUT2D eigenvalue weighted by Crippen LogP contribution is 2.32. The number of ether oxygens (including phenoxy) is 2. The monoisotopic (exact) mass is 340 g/mol. The average Bonchev–Trinajstić information content (AvgIpc) is 2.61. The third-order valence-electron chi connectivity index (χ3n) is 3.90. The Hall–Kier alpha value is -2.52. The molecule has 0 aromatic heterocycles. The molecule has 122 valence electrons. The minimum atomic E-state index is 0.0100. The van der Waals surface area contributed by atoms with Gasteiger partial charge in [0.05, 0.1) is 7.11 Å². The molecule has 0 amide bonds. The summed E-state index contributed by atoms with van der Waals surface area (Å²) in [7, 11) is 1.60. The van der Waals surface area contributed by atoms with Crippen molar-refractivity contribution in [2.24, 2.45) is 0 Å². The number of carbonyl (C=O) groups excluding carboxylic acids is 1. The van der Waals surface area contributed by atoms with Gasteiger partial charge in [-0.3, -0.25) is 4.79 Å². The van der Waals surface area contributed by atoms with E-state index < -0.39 is 0 Å². The summed E-state index contributed by atoms with van der Waals surface area (Å²) in [5.41, 5.74) is 1.46. The summed E-state index contributed by atoms with van der Waals surface area (Å²) in [6, 6.07) is 16.8. The lowest BCUT2D eigenvalue weighted by atomic mass is 10.1. The SMILES string of the molecule is COc1ccc(C(C)=O)cc1COc1ccc(Cl)c2ccccc12. The van der Waals surface area contributed by atoms with E-state index in [2.05, 4.69) is 0 Å². The topological polar surface area (TPSA) is 35.5 Å². The molecule has 3 aromatic rings. The Morgan fingerprint density at radius 3 is 2.42 bits per heavy atom. The molecule has 0 spiro atoms. The Labute approximate surface area is 145 Å². The molecule has 0 aliphatic heterocycles. The number of methoxy groups -OCH3 is 1. The van der Waals surface area contributed by atoms with Gasteiger partial charge in [0, 0.05) is 26.9 Å². The molecule has 0 atom stereocenters. The fourth-order valence-corrected chi connectivity index (χ4v) is 2.85. The minimum absolute atomic E-state index is 0.0100. The second kappa shape index (κ2) is 6.93. The van der Waals surface area contributed by atoms with E-state index in [0.29, 0.717) is 22.9 Å². The zero-order valence-electron chi connectivity index (χ0n) is 13.5. The van der Waals surface area contributed by atoms with Crippen molar-refractivity contribution in [3.05, 3.63) is 70.7 Å². The van der Waals surface area contributed by atoms with Crippen molar-refractivity contribution in [3.63, 3.8) is 0 Å². The predicted molar refractivity (Wildman–Crippen MR) is 96.3 cm³/mol. The highest BCUT2D eigenvalue weighted by molar-refractivity contribution is 6.35. The zero-order valence-corrected chi connectivity index (χ0v) is 14.3. The lowest BCUT2D eigenvalue weighted by Crippen LogP contribution is -2.02. The van der Waals surface area contributed by atoms with Crippen LogP contribution in [-0.4, -0.2) is 12.9 Å². The number of hydrogen-bond donors (Lipinski definition) is 0. The number of benzene rings is 3. The van der Waals surface area contributed by atoms with E-state index in [1.807, 2.05) is 36.4 Å². The van der Waals surface area contributed by atoms with E-state index in [1.165, 1.54) is 0 Å². The first-order chi connectivity index (χ1) is 11.6. The molecule has 3 rings (SSSR count). The molecule has 0 aliphatic rings. The minimum Gasteiger partial charge on any atom is -0.496 e. The van der Waals surface area contributed by atoms with Crippen molar-refractivity contribution in [1.29, 1.82) is 0 Å². The van der Waals surface area contributed by atoms with Crippen LogP contribution in [-0.2, 0) is 6.61 Å². The van der Waals surface area contributed by atoms with Gasteiger partial charge in [-0.15, -0.1) is 0 Å². The van der Waals surface area contributed by atoms with Gasteiger partial charge < -0.3 is 9.47 Å². The van der Waals surface area contributed by atoms with Crippen LogP contribution in [0.25, 0.3) is 10.8 Å². The van der Waals surface area contributed by atoms with Crippen molar-refractivity contribution in [3.8, 4) is 11.5 Å². The molecule has 0 heterocycles. The maximum Gasteiger partial charge on any atom is 0.159 e. The lowest BCUT2D eigenvalue weighted by Gasteiger charge is -2.13. The zero-order chi connectivity index (χ0) is 17.1. The van der Waals surface area contributed by atoms with Crippen LogP contribution in [0.1, 0.15) is 22.8 Å². The number of hydrogen-bond acceptors (Lipinski definition) is 3. The molecule has 0 N–H and O–H groups in total. The molecule has 4 heteroatoms. The first-order valence-corrected chi connectivity index (χ1v) is 7.96. The number of Topliss-reactive ketones (excluding diaryl/α,β-unsaturated/α-hetero) is 1. The molecule has 0 saturated carbocycles. The first-order valence-electron chi connectivity index (χ1n) is 7.58. The Morgan fingerprint density at radius 1 is 1.00 bits per heavy atom. The molecule has 0 fully saturated rings. The van der Waals surface area contributed by atoms with Gasteiger partial charge in [0.1, 0.15) is 18.1 Å². The van der Waals surface area contributed by atoms with E-state index in [9.17, 15) is 4.79 Å². The highest BCUT2D eigenvalue weighted by Gasteiger charge is 2.10. The standard InChI is InChI=1S/C20H17ClO3/c1-13(22)14-7-9-19(23-2)15(11-14)12-24-20-10-8-18(21)16-5-3-4-6-17(16)20/h3-11H,12H2,1-2H3. The van der Waals surface area contributed by atoms with E-state index in [0.717, 1.165) is 22.1 Å². The van der Waals surface area contributed by atoms with E-state index >= 15 is 0 Å². The maximum absolute atomic E-state index is 11.6. The Morgan fingerprint density at radius 2 is 1.71 bits per heavy atom. The average molecular weight is 341 g/mol. The molecule has 0 aliphatic carbocycles. The quantitative estimate of drug-likeness (QED) is 0.592. The molecule has 24 heavy (non-hydrogen) atoms. The van der Waals surface area contributed by atoms with Crippen LogP contribution in [0.4, 0.5) is 0 Å². The molecule has 0 saturated heterocycles. The second-order valence-electron chi connectivity index (χ2n) is 5.46. The van der Waals surface area contributed by atoms with Crippen molar-refractivity contribution >= 4 is 28.2 Å². The van der Waals surface area contributed by atoms with Gasteiger partial charge in [0.2, 0.25) is 0 Å². The van der Waals surface area contributed by atoms with Gasteiger partial charge in [-0.1, -0.05) is 35.9 Å². The summed E-state index contributed by atoms with van der Waals surface area (Å²) < 4.78 is 11.4. The summed E-state index contributed by atoms with van der Waals surface area (Å²) in [4.78, 5) is 11.6. The first kappa shape index (κ1) is 16.3. The van der Waals surface area contributed by atoms with Crippen LogP contribution >= 0.6 is 11.6 Å². The Balaban J connectivity index is 1.93. The fraction of sp³-hybridized carbons (Fsp3) is 0.150. The van der Waals surface area contributed by atoms with Gasteiger partial charge in [0.25, 0.3) is 0 Å². The normalized spacial score (nSPS) is 10.6. The van der Waals surface area contributed by atoms with Gasteiger partial charge in [0.15, 0.2) is 5.78 Å². The van der Waals surface area contributed by atoms with E-state index in [-0.39, 0.29) is 5.78 Å². The molecule has 0 unspecified atom stereocenters. The summed E-state index contributed by atoms with van der Waals surface area (Å²) in [6.45, 7) is 1.84. The number of carbonyl (C=O) groups is 1. The molecular formula is C20H17ClO3. The van der Waals surface area contributed by atoms with Crippen molar-refractivity contribution in [2.75, 3.05) is 7.11 Å². The van der Waals surface area contributed by atoms with Gasteiger partial charge >= 0.3 is 0 Å². The Kier molecular flexibility index (Phi) is 4.72. The largest absolute Gasteiger partial charge is 0.496 e. The maximum atomic E-state index is 11.6. The van der Waals surface area contributed by atoms with Crippen molar-refractivity contribution in [2.45, 2.75) is 13.5 Å². The summed E-state index contributed by atoms with van der Waals surface area (Å²) in [5, 5.41) is 2.59. The number of fused-ring (bicyclic) bond motifs is 1.